The van der Waals surface area contributed by atoms with E-state index in [0.29, 0.717) is 12.3 Å². The lowest BCUT2D eigenvalue weighted by Crippen LogP contribution is -2.27. The summed E-state index contributed by atoms with van der Waals surface area (Å²) in [6, 6.07) is -0.242. The zero-order chi connectivity index (χ0) is 13.6. The van der Waals surface area contributed by atoms with E-state index in [1.165, 1.54) is 6.92 Å². The zero-order valence-electron chi connectivity index (χ0n) is 11.5. The molecule has 0 aromatic heterocycles. The minimum absolute atomic E-state index is 0.0728. The molecule has 0 amide bonds. The van der Waals surface area contributed by atoms with Gasteiger partial charge in [0.15, 0.2) is 15.3 Å². The van der Waals surface area contributed by atoms with Crippen LogP contribution in [-0.2, 0) is 9.84 Å². The molecule has 0 aromatic rings. The van der Waals surface area contributed by atoms with Gasteiger partial charge < -0.3 is 5.11 Å². The highest BCUT2D eigenvalue weighted by Gasteiger charge is 2.22. The Balaban J connectivity index is 4.66. The Bertz CT molecular complexity index is 345. The summed E-state index contributed by atoms with van der Waals surface area (Å²) in [5.74, 6) is 0.445. The molecule has 0 heterocycles. The fraction of sp³-hybridized carbons (Fsp3) is 0.917. The van der Waals surface area contributed by atoms with Gasteiger partial charge in [0.1, 0.15) is 0 Å². The van der Waals surface area contributed by atoms with Crippen LogP contribution in [0, 0.1) is 5.92 Å². The molecule has 0 saturated carbocycles. The van der Waals surface area contributed by atoms with Crippen LogP contribution in [0.1, 0.15) is 47.5 Å². The Morgan fingerprint density at radius 2 is 1.82 bits per heavy atom. The van der Waals surface area contributed by atoms with E-state index < -0.39 is 15.3 Å². The summed E-state index contributed by atoms with van der Waals surface area (Å²) in [4.78, 5) is 4.43. The number of aliphatic hydroxyl groups excluding tert-OH is 1. The van der Waals surface area contributed by atoms with Crippen molar-refractivity contribution in [3.8, 4) is 0 Å². The van der Waals surface area contributed by atoms with Gasteiger partial charge in [-0.2, -0.15) is 0 Å². The molecular weight excluding hydrogens is 238 g/mol. The van der Waals surface area contributed by atoms with Crippen LogP contribution in [0.4, 0.5) is 0 Å². The Morgan fingerprint density at radius 1 is 1.29 bits per heavy atom. The van der Waals surface area contributed by atoms with Crippen molar-refractivity contribution >= 4 is 15.5 Å². The van der Waals surface area contributed by atoms with Crippen molar-refractivity contribution in [3.63, 3.8) is 0 Å². The standard InChI is InChI=1S/C12H25NO3S/c1-6-12(8-17(15,16)11(5)14)13-10(4)7-9(2)3/h9,11-12,14H,6-8H2,1-5H3. The maximum atomic E-state index is 11.6. The predicted octanol–water partition coefficient (Wildman–Crippen LogP) is 2.03. The van der Waals surface area contributed by atoms with Crippen LogP contribution in [-0.4, -0.2) is 36.5 Å². The Labute approximate surface area is 105 Å². The van der Waals surface area contributed by atoms with Crippen LogP contribution >= 0.6 is 0 Å². The molecule has 0 aromatic carbocycles. The maximum absolute atomic E-state index is 11.6. The highest BCUT2D eigenvalue weighted by Crippen LogP contribution is 2.10. The number of nitrogens with zero attached hydrogens (tertiary/aromatic N) is 1. The second kappa shape index (κ2) is 7.11. The summed E-state index contributed by atoms with van der Waals surface area (Å²) in [5.41, 5.74) is -0.329. The topological polar surface area (TPSA) is 66.7 Å². The number of aliphatic hydroxyl groups is 1. The molecule has 0 aliphatic carbocycles. The lowest BCUT2D eigenvalue weighted by Gasteiger charge is -2.14. The molecule has 0 bridgehead atoms. The molecule has 0 aliphatic rings. The summed E-state index contributed by atoms with van der Waals surface area (Å²) in [6.45, 7) is 9.33. The first-order chi connectivity index (χ1) is 7.69. The highest BCUT2D eigenvalue weighted by atomic mass is 32.2. The lowest BCUT2D eigenvalue weighted by atomic mass is 10.1. The fourth-order valence-corrected chi connectivity index (χ4v) is 2.73. The fourth-order valence-electron chi connectivity index (χ4n) is 1.61. The third kappa shape index (κ3) is 6.78. The van der Waals surface area contributed by atoms with Gasteiger partial charge in [-0.15, -0.1) is 0 Å². The van der Waals surface area contributed by atoms with Gasteiger partial charge in [0.2, 0.25) is 0 Å². The second-order valence-electron chi connectivity index (χ2n) is 4.95. The molecule has 0 fully saturated rings. The summed E-state index contributed by atoms with van der Waals surface area (Å²) >= 11 is 0. The number of hydrogen-bond acceptors (Lipinski definition) is 4. The van der Waals surface area contributed by atoms with Crippen molar-refractivity contribution in [1.82, 2.24) is 0 Å². The van der Waals surface area contributed by atoms with Gasteiger partial charge >= 0.3 is 0 Å². The summed E-state index contributed by atoms with van der Waals surface area (Å²) in [5, 5.41) is 9.17. The van der Waals surface area contributed by atoms with E-state index in [4.69, 9.17) is 5.11 Å². The van der Waals surface area contributed by atoms with Crippen LogP contribution < -0.4 is 0 Å². The Kier molecular flexibility index (Phi) is 6.94. The normalized spacial score (nSPS) is 17.2. The molecule has 0 aliphatic heterocycles. The van der Waals surface area contributed by atoms with E-state index in [1.807, 2.05) is 13.8 Å². The number of aliphatic imine (C=N–C) groups is 1. The highest BCUT2D eigenvalue weighted by molar-refractivity contribution is 7.91. The van der Waals surface area contributed by atoms with Gasteiger partial charge in [-0.1, -0.05) is 20.8 Å². The van der Waals surface area contributed by atoms with Crippen molar-refractivity contribution in [2.24, 2.45) is 10.9 Å². The molecule has 102 valence electrons. The SMILES string of the molecule is CCC(CS(=O)(=O)C(C)O)N=C(C)CC(C)C. The van der Waals surface area contributed by atoms with E-state index in [2.05, 4.69) is 18.8 Å². The minimum atomic E-state index is -3.44. The smallest absolute Gasteiger partial charge is 0.178 e. The second-order valence-corrected chi connectivity index (χ2v) is 7.29. The Hall–Kier alpha value is -0.420. The number of hydrogen-bond donors (Lipinski definition) is 1. The van der Waals surface area contributed by atoms with Crippen LogP contribution in [0.15, 0.2) is 4.99 Å². The van der Waals surface area contributed by atoms with Gasteiger partial charge in [0.05, 0.1) is 11.8 Å². The maximum Gasteiger partial charge on any atom is 0.178 e. The first-order valence-corrected chi connectivity index (χ1v) is 7.83. The van der Waals surface area contributed by atoms with Crippen LogP contribution in [0.5, 0.6) is 0 Å². The van der Waals surface area contributed by atoms with Crippen molar-refractivity contribution in [2.45, 2.75) is 58.9 Å². The third-order valence-corrected chi connectivity index (χ3v) is 4.41. The Morgan fingerprint density at radius 3 is 2.18 bits per heavy atom. The van der Waals surface area contributed by atoms with E-state index in [0.717, 1.165) is 12.1 Å². The molecule has 0 spiro atoms. The predicted molar refractivity (Wildman–Crippen MR) is 72.1 cm³/mol. The van der Waals surface area contributed by atoms with E-state index in [1.54, 1.807) is 0 Å². The minimum Gasteiger partial charge on any atom is -0.377 e. The average Bonchev–Trinajstić information content (AvgIpc) is 2.14. The molecule has 2 unspecified atom stereocenters. The molecular formula is C12H25NO3S. The summed E-state index contributed by atoms with van der Waals surface area (Å²) in [6.07, 6.45) is 1.55. The summed E-state index contributed by atoms with van der Waals surface area (Å²) < 4.78 is 23.2. The molecule has 1 N–H and O–H groups in total. The number of rotatable bonds is 7. The molecule has 0 rings (SSSR count). The monoisotopic (exact) mass is 263 g/mol. The number of sulfone groups is 1. The molecule has 4 nitrogen and oxygen atoms in total. The van der Waals surface area contributed by atoms with Crippen LogP contribution in [0.2, 0.25) is 0 Å². The first kappa shape index (κ1) is 16.6. The van der Waals surface area contributed by atoms with Gasteiger partial charge in [0, 0.05) is 5.71 Å². The average molecular weight is 263 g/mol. The van der Waals surface area contributed by atoms with Crippen molar-refractivity contribution in [3.05, 3.63) is 0 Å². The van der Waals surface area contributed by atoms with Crippen molar-refractivity contribution < 1.29 is 13.5 Å². The molecule has 2 atom stereocenters. The molecule has 0 radical (unpaired) electrons. The quantitative estimate of drug-likeness (QED) is 0.715. The first-order valence-electron chi connectivity index (χ1n) is 6.12. The van der Waals surface area contributed by atoms with Crippen LogP contribution in [0.25, 0.3) is 0 Å². The van der Waals surface area contributed by atoms with E-state index >= 15 is 0 Å². The van der Waals surface area contributed by atoms with Gasteiger partial charge in [-0.25, -0.2) is 8.42 Å². The van der Waals surface area contributed by atoms with E-state index in [9.17, 15) is 8.42 Å². The molecule has 17 heavy (non-hydrogen) atoms. The van der Waals surface area contributed by atoms with Gasteiger partial charge in [-0.05, 0) is 32.6 Å². The van der Waals surface area contributed by atoms with Gasteiger partial charge in [0.25, 0.3) is 0 Å². The summed E-state index contributed by atoms with van der Waals surface area (Å²) in [7, 11) is -3.44. The lowest BCUT2D eigenvalue weighted by molar-refractivity contribution is 0.268. The van der Waals surface area contributed by atoms with Crippen molar-refractivity contribution in [2.75, 3.05) is 5.75 Å². The van der Waals surface area contributed by atoms with Crippen LogP contribution in [0.3, 0.4) is 0 Å². The zero-order valence-corrected chi connectivity index (χ0v) is 12.3. The van der Waals surface area contributed by atoms with E-state index in [-0.39, 0.29) is 11.8 Å². The third-order valence-electron chi connectivity index (χ3n) is 2.52. The molecule has 5 heteroatoms. The largest absolute Gasteiger partial charge is 0.377 e. The van der Waals surface area contributed by atoms with Gasteiger partial charge in [-0.3, -0.25) is 4.99 Å². The van der Waals surface area contributed by atoms with Crippen molar-refractivity contribution in [1.29, 1.82) is 0 Å². The molecule has 0 saturated heterocycles.